The molecule has 0 fully saturated rings. The SMILES string of the molecule is CCCCOCCOCCNC(=NC)NCCCc1nnc2n1CCCCC2.I. The molecule has 0 aliphatic carbocycles. The van der Waals surface area contributed by atoms with Crippen LogP contribution in [0, 0.1) is 0 Å². The van der Waals surface area contributed by atoms with E-state index in [-0.39, 0.29) is 24.0 Å². The van der Waals surface area contributed by atoms with Crippen LogP contribution in [-0.4, -0.2) is 67.3 Å². The van der Waals surface area contributed by atoms with Crippen LogP contribution in [0.25, 0.3) is 0 Å². The standard InChI is InChI=1S/C20H38N6O2.HI/c1-3-4-14-27-16-17-28-15-12-23-20(21-2)22-11-8-10-19-25-24-18-9-6-5-7-13-26(18)19;/h3-17H2,1-2H3,(H2,21,22,23);1H. The number of guanidine groups is 1. The summed E-state index contributed by atoms with van der Waals surface area (Å²) in [5.41, 5.74) is 0. The lowest BCUT2D eigenvalue weighted by atomic mass is 10.2. The molecule has 168 valence electrons. The Morgan fingerprint density at radius 2 is 1.79 bits per heavy atom. The molecule has 0 amide bonds. The monoisotopic (exact) mass is 522 g/mol. The Morgan fingerprint density at radius 1 is 1.00 bits per heavy atom. The summed E-state index contributed by atoms with van der Waals surface area (Å²) >= 11 is 0. The van der Waals surface area contributed by atoms with Gasteiger partial charge in [0, 0.05) is 46.1 Å². The van der Waals surface area contributed by atoms with Gasteiger partial charge in [0.1, 0.15) is 11.6 Å². The molecule has 0 spiro atoms. The summed E-state index contributed by atoms with van der Waals surface area (Å²) < 4.78 is 13.3. The van der Waals surface area contributed by atoms with Crippen LogP contribution in [-0.2, 0) is 28.9 Å². The maximum Gasteiger partial charge on any atom is 0.191 e. The quantitative estimate of drug-likeness (QED) is 0.179. The molecule has 8 nitrogen and oxygen atoms in total. The normalized spacial score (nSPS) is 14.1. The molecule has 0 saturated carbocycles. The van der Waals surface area contributed by atoms with Crippen molar-refractivity contribution in [2.24, 2.45) is 4.99 Å². The van der Waals surface area contributed by atoms with Gasteiger partial charge in [-0.2, -0.15) is 0 Å². The number of halogens is 1. The van der Waals surface area contributed by atoms with Crippen molar-refractivity contribution in [1.29, 1.82) is 0 Å². The van der Waals surface area contributed by atoms with Crippen LogP contribution in [0.15, 0.2) is 4.99 Å². The van der Waals surface area contributed by atoms with Gasteiger partial charge in [-0.15, -0.1) is 34.2 Å². The fraction of sp³-hybridized carbons (Fsp3) is 0.850. The summed E-state index contributed by atoms with van der Waals surface area (Å²) in [7, 11) is 1.79. The van der Waals surface area contributed by atoms with Gasteiger partial charge < -0.3 is 24.7 Å². The maximum atomic E-state index is 5.56. The predicted octanol–water partition coefficient (Wildman–Crippen LogP) is 2.55. The van der Waals surface area contributed by atoms with Gasteiger partial charge in [0.25, 0.3) is 0 Å². The predicted molar refractivity (Wildman–Crippen MR) is 127 cm³/mol. The molecule has 2 N–H and O–H groups in total. The third-order valence-electron chi connectivity index (χ3n) is 4.83. The smallest absolute Gasteiger partial charge is 0.191 e. The van der Waals surface area contributed by atoms with Crippen molar-refractivity contribution in [3.8, 4) is 0 Å². The maximum absolute atomic E-state index is 5.56. The number of aromatic nitrogens is 3. The second kappa shape index (κ2) is 16.8. The second-order valence-electron chi connectivity index (χ2n) is 7.10. The van der Waals surface area contributed by atoms with Gasteiger partial charge >= 0.3 is 0 Å². The summed E-state index contributed by atoms with van der Waals surface area (Å²) in [6.07, 6.45) is 9.05. The third-order valence-corrected chi connectivity index (χ3v) is 4.83. The van der Waals surface area contributed by atoms with E-state index in [0.717, 1.165) is 76.0 Å². The lowest BCUT2D eigenvalue weighted by Crippen LogP contribution is -2.39. The van der Waals surface area contributed by atoms with Gasteiger partial charge in [0.05, 0.1) is 19.8 Å². The first-order valence-corrected chi connectivity index (χ1v) is 10.9. The van der Waals surface area contributed by atoms with Gasteiger partial charge in [-0.1, -0.05) is 19.8 Å². The zero-order valence-corrected chi connectivity index (χ0v) is 20.5. The van der Waals surface area contributed by atoms with Gasteiger partial charge in [-0.25, -0.2) is 0 Å². The van der Waals surface area contributed by atoms with E-state index in [1.165, 1.54) is 19.3 Å². The summed E-state index contributed by atoms with van der Waals surface area (Å²) in [6, 6.07) is 0. The molecule has 0 aromatic carbocycles. The average molecular weight is 522 g/mol. The molecule has 0 atom stereocenters. The van der Waals surface area contributed by atoms with E-state index in [1.54, 1.807) is 7.05 Å². The number of hydrogen-bond donors (Lipinski definition) is 2. The highest BCUT2D eigenvalue weighted by atomic mass is 127. The summed E-state index contributed by atoms with van der Waals surface area (Å²) in [5.74, 6) is 3.09. The van der Waals surface area contributed by atoms with E-state index in [9.17, 15) is 0 Å². The highest BCUT2D eigenvalue weighted by molar-refractivity contribution is 14.0. The van der Waals surface area contributed by atoms with Crippen molar-refractivity contribution >= 4 is 29.9 Å². The summed E-state index contributed by atoms with van der Waals surface area (Å²) in [5, 5.41) is 15.4. The van der Waals surface area contributed by atoms with Crippen molar-refractivity contribution < 1.29 is 9.47 Å². The molecular formula is C20H39IN6O2. The van der Waals surface area contributed by atoms with Crippen molar-refractivity contribution in [3.63, 3.8) is 0 Å². The Balaban J connectivity index is 0.00000420. The molecule has 9 heteroatoms. The first-order chi connectivity index (χ1) is 13.8. The number of rotatable bonds is 13. The number of hydrogen-bond acceptors (Lipinski definition) is 5. The van der Waals surface area contributed by atoms with Crippen molar-refractivity contribution in [1.82, 2.24) is 25.4 Å². The molecule has 0 unspecified atom stereocenters. The van der Waals surface area contributed by atoms with Crippen molar-refractivity contribution in [3.05, 3.63) is 11.6 Å². The highest BCUT2D eigenvalue weighted by Crippen LogP contribution is 2.15. The zero-order valence-electron chi connectivity index (χ0n) is 18.1. The minimum Gasteiger partial charge on any atom is -0.379 e. The number of aliphatic imine (C=N–C) groups is 1. The van der Waals surface area contributed by atoms with Crippen LogP contribution in [0.5, 0.6) is 0 Å². The van der Waals surface area contributed by atoms with Crippen LogP contribution < -0.4 is 10.6 Å². The molecule has 0 bridgehead atoms. The van der Waals surface area contributed by atoms with Crippen LogP contribution in [0.2, 0.25) is 0 Å². The number of nitrogens with zero attached hydrogens (tertiary/aromatic N) is 4. The highest BCUT2D eigenvalue weighted by Gasteiger charge is 2.14. The van der Waals surface area contributed by atoms with Crippen LogP contribution >= 0.6 is 24.0 Å². The van der Waals surface area contributed by atoms with Gasteiger partial charge in [0.15, 0.2) is 5.96 Å². The van der Waals surface area contributed by atoms with Crippen LogP contribution in [0.4, 0.5) is 0 Å². The summed E-state index contributed by atoms with van der Waals surface area (Å²) in [4.78, 5) is 4.25. The van der Waals surface area contributed by atoms with Gasteiger partial charge in [-0.3, -0.25) is 4.99 Å². The van der Waals surface area contributed by atoms with Gasteiger partial charge in [0.2, 0.25) is 0 Å². The molecule has 1 aromatic rings. The third kappa shape index (κ3) is 10.6. The minimum atomic E-state index is 0. The van der Waals surface area contributed by atoms with E-state index in [4.69, 9.17) is 9.47 Å². The van der Waals surface area contributed by atoms with Crippen LogP contribution in [0.3, 0.4) is 0 Å². The molecule has 1 aliphatic heterocycles. The van der Waals surface area contributed by atoms with E-state index in [2.05, 4.69) is 37.3 Å². The first-order valence-electron chi connectivity index (χ1n) is 10.9. The lowest BCUT2D eigenvalue weighted by Gasteiger charge is -2.12. The Bertz CT molecular complexity index is 567. The number of nitrogens with one attached hydrogen (secondary N) is 2. The fourth-order valence-electron chi connectivity index (χ4n) is 3.21. The minimum absolute atomic E-state index is 0. The molecular weight excluding hydrogens is 483 g/mol. The number of fused-ring (bicyclic) bond motifs is 1. The molecule has 1 aromatic heterocycles. The topological polar surface area (TPSA) is 85.6 Å². The first kappa shape index (κ1) is 26.1. The van der Waals surface area contributed by atoms with Crippen molar-refractivity contribution in [2.45, 2.75) is 64.8 Å². The Morgan fingerprint density at radius 3 is 2.59 bits per heavy atom. The number of ether oxygens (including phenoxy) is 2. The molecule has 29 heavy (non-hydrogen) atoms. The number of unbranched alkanes of at least 4 members (excludes halogenated alkanes) is 1. The average Bonchev–Trinajstić information content (AvgIpc) is 2.94. The van der Waals surface area contributed by atoms with E-state index in [1.807, 2.05) is 0 Å². The zero-order chi connectivity index (χ0) is 19.9. The van der Waals surface area contributed by atoms with Crippen LogP contribution in [0.1, 0.15) is 57.1 Å². The molecule has 0 saturated heterocycles. The molecule has 0 radical (unpaired) electrons. The fourth-order valence-corrected chi connectivity index (χ4v) is 3.21. The molecule has 2 rings (SSSR count). The largest absolute Gasteiger partial charge is 0.379 e. The molecule has 2 heterocycles. The van der Waals surface area contributed by atoms with Gasteiger partial charge in [-0.05, 0) is 25.7 Å². The summed E-state index contributed by atoms with van der Waals surface area (Å²) in [6.45, 7) is 7.59. The Kier molecular flexibility index (Phi) is 15.1. The van der Waals surface area contributed by atoms with E-state index in [0.29, 0.717) is 19.8 Å². The van der Waals surface area contributed by atoms with E-state index >= 15 is 0 Å². The molecule has 1 aliphatic rings. The number of aryl methyl sites for hydroxylation is 2. The van der Waals surface area contributed by atoms with E-state index < -0.39 is 0 Å². The second-order valence-corrected chi connectivity index (χ2v) is 7.10. The van der Waals surface area contributed by atoms with Crippen molar-refractivity contribution in [2.75, 3.05) is 46.6 Å². The Labute approximate surface area is 192 Å². The Hall–Kier alpha value is -0.940. The lowest BCUT2D eigenvalue weighted by molar-refractivity contribution is 0.0487.